The largest absolute Gasteiger partial charge is 0.481 e. The van der Waals surface area contributed by atoms with Crippen molar-refractivity contribution in [3.63, 3.8) is 0 Å². The molecule has 0 spiro atoms. The van der Waals surface area contributed by atoms with Gasteiger partial charge < -0.3 is 19.2 Å². The molecule has 0 saturated heterocycles. The number of benzene rings is 1. The molecule has 0 fully saturated rings. The molecule has 0 aliphatic heterocycles. The number of amides is 1. The van der Waals surface area contributed by atoms with E-state index in [9.17, 15) is 14.4 Å². The van der Waals surface area contributed by atoms with Crippen LogP contribution in [0.5, 0.6) is 5.75 Å². The lowest BCUT2D eigenvalue weighted by Gasteiger charge is -2.22. The van der Waals surface area contributed by atoms with Crippen molar-refractivity contribution in [2.24, 2.45) is 5.92 Å². The number of esters is 1. The van der Waals surface area contributed by atoms with Crippen molar-refractivity contribution in [1.82, 2.24) is 5.32 Å². The highest BCUT2D eigenvalue weighted by atomic mass is 16.5. The molecule has 0 aliphatic carbocycles. The molecule has 140 valence electrons. The van der Waals surface area contributed by atoms with Gasteiger partial charge in [0.15, 0.2) is 6.10 Å². The lowest BCUT2D eigenvalue weighted by molar-refractivity contribution is -0.147. The molecule has 1 aromatic heterocycles. The number of fused-ring (bicyclic) bond motifs is 1. The molecule has 0 aliphatic rings. The van der Waals surface area contributed by atoms with Crippen LogP contribution in [0.3, 0.4) is 0 Å². The Kier molecular flexibility index (Phi) is 6.02. The smallest absolute Gasteiger partial charge is 0.336 e. The minimum absolute atomic E-state index is 0.128. The van der Waals surface area contributed by atoms with Gasteiger partial charge in [-0.05, 0) is 37.5 Å². The third kappa shape index (κ3) is 4.41. The first-order chi connectivity index (χ1) is 12.2. The van der Waals surface area contributed by atoms with Crippen molar-refractivity contribution in [3.05, 3.63) is 40.2 Å². The number of ether oxygens (including phenoxy) is 2. The molecule has 1 aromatic carbocycles. The van der Waals surface area contributed by atoms with E-state index in [0.717, 1.165) is 10.9 Å². The average Bonchev–Trinajstić information content (AvgIpc) is 2.57. The van der Waals surface area contributed by atoms with Crippen molar-refractivity contribution in [1.29, 1.82) is 0 Å². The normalized spacial score (nSPS) is 13.3. The number of methoxy groups -OCH3 is 1. The van der Waals surface area contributed by atoms with E-state index in [1.807, 2.05) is 6.92 Å². The van der Waals surface area contributed by atoms with E-state index in [4.69, 9.17) is 13.9 Å². The van der Waals surface area contributed by atoms with Crippen LogP contribution in [0.15, 0.2) is 33.5 Å². The van der Waals surface area contributed by atoms with Gasteiger partial charge in [0.1, 0.15) is 17.4 Å². The lowest BCUT2D eigenvalue weighted by atomic mass is 10.0. The van der Waals surface area contributed by atoms with E-state index in [2.05, 4.69) is 5.32 Å². The molecule has 2 rings (SSSR count). The highest BCUT2D eigenvalue weighted by Crippen LogP contribution is 2.23. The summed E-state index contributed by atoms with van der Waals surface area (Å²) in [6.07, 6.45) is -0.852. The molecule has 1 N–H and O–H groups in total. The Morgan fingerprint density at radius 1 is 1.15 bits per heavy atom. The van der Waals surface area contributed by atoms with Gasteiger partial charge in [0.05, 0.1) is 7.11 Å². The number of rotatable bonds is 6. The van der Waals surface area contributed by atoms with Crippen molar-refractivity contribution < 1.29 is 23.5 Å². The summed E-state index contributed by atoms with van der Waals surface area (Å²) in [6.45, 7) is 7.00. The first-order valence-corrected chi connectivity index (χ1v) is 8.32. The molecule has 0 unspecified atom stereocenters. The van der Waals surface area contributed by atoms with Crippen molar-refractivity contribution in [3.8, 4) is 5.75 Å². The maximum Gasteiger partial charge on any atom is 0.336 e. The number of nitrogens with one attached hydrogen (secondary N) is 1. The van der Waals surface area contributed by atoms with E-state index in [0.29, 0.717) is 11.3 Å². The van der Waals surface area contributed by atoms with Crippen LogP contribution in [0.25, 0.3) is 11.0 Å². The fourth-order valence-electron chi connectivity index (χ4n) is 2.53. The minimum atomic E-state index is -0.852. The van der Waals surface area contributed by atoms with Gasteiger partial charge in [0.2, 0.25) is 0 Å². The second-order valence-electron chi connectivity index (χ2n) is 6.42. The van der Waals surface area contributed by atoms with E-state index in [1.165, 1.54) is 13.2 Å². The predicted molar refractivity (Wildman–Crippen MR) is 96.1 cm³/mol. The highest BCUT2D eigenvalue weighted by Gasteiger charge is 2.27. The summed E-state index contributed by atoms with van der Waals surface area (Å²) in [6, 6.07) is 5.68. The van der Waals surface area contributed by atoms with Gasteiger partial charge in [0, 0.05) is 17.5 Å². The third-order valence-corrected chi connectivity index (χ3v) is 4.02. The molecular formula is C19H23NO6. The van der Waals surface area contributed by atoms with E-state index >= 15 is 0 Å². The zero-order valence-electron chi connectivity index (χ0n) is 15.5. The number of hydrogen-bond donors (Lipinski definition) is 1. The van der Waals surface area contributed by atoms with E-state index in [-0.39, 0.29) is 5.92 Å². The Morgan fingerprint density at radius 3 is 2.46 bits per heavy atom. The Bertz CT molecular complexity index is 870. The van der Waals surface area contributed by atoms with Crippen LogP contribution in [-0.2, 0) is 14.3 Å². The number of carbonyl (C=O) groups is 2. The van der Waals surface area contributed by atoms with Crippen LogP contribution in [0.2, 0.25) is 0 Å². The maximum absolute atomic E-state index is 12.3. The summed E-state index contributed by atoms with van der Waals surface area (Å²) in [5.41, 5.74) is 0.733. The highest BCUT2D eigenvalue weighted by molar-refractivity contribution is 5.87. The molecule has 1 amide bonds. The first kappa shape index (κ1) is 19.5. The Hall–Kier alpha value is -2.83. The van der Waals surface area contributed by atoms with Crippen LogP contribution in [0, 0.1) is 12.8 Å². The molecule has 26 heavy (non-hydrogen) atoms. The number of carbonyl (C=O) groups excluding carboxylic acids is 2. The molecule has 7 nitrogen and oxygen atoms in total. The maximum atomic E-state index is 12.3. The molecule has 1 heterocycles. The average molecular weight is 361 g/mol. The second kappa shape index (κ2) is 8.03. The van der Waals surface area contributed by atoms with Crippen molar-refractivity contribution in [2.75, 3.05) is 7.11 Å². The summed E-state index contributed by atoms with van der Waals surface area (Å²) in [4.78, 5) is 35.6. The summed E-state index contributed by atoms with van der Waals surface area (Å²) in [5.74, 6) is -0.701. The summed E-state index contributed by atoms with van der Waals surface area (Å²) in [5, 5.41) is 3.42. The SMILES string of the molecule is COC(=O)[C@H](NC(=O)[C@@H](C)Oc1ccc2c(C)cc(=O)oc2c1)C(C)C. The fraction of sp³-hybridized carbons (Fsp3) is 0.421. The van der Waals surface area contributed by atoms with Gasteiger partial charge >= 0.3 is 11.6 Å². The molecule has 7 heteroatoms. The third-order valence-electron chi connectivity index (χ3n) is 4.02. The Morgan fingerprint density at radius 2 is 1.85 bits per heavy atom. The van der Waals surface area contributed by atoms with Crippen LogP contribution < -0.4 is 15.7 Å². The lowest BCUT2D eigenvalue weighted by Crippen LogP contribution is -2.49. The van der Waals surface area contributed by atoms with Crippen LogP contribution in [0.4, 0.5) is 0 Å². The van der Waals surface area contributed by atoms with E-state index < -0.39 is 29.6 Å². The van der Waals surface area contributed by atoms with Crippen molar-refractivity contribution in [2.45, 2.75) is 39.8 Å². The summed E-state index contributed by atoms with van der Waals surface area (Å²) in [7, 11) is 1.27. The summed E-state index contributed by atoms with van der Waals surface area (Å²) >= 11 is 0. The minimum Gasteiger partial charge on any atom is -0.481 e. The monoisotopic (exact) mass is 361 g/mol. The number of aryl methyl sites for hydroxylation is 1. The zero-order valence-corrected chi connectivity index (χ0v) is 15.5. The van der Waals surface area contributed by atoms with Crippen LogP contribution >= 0.6 is 0 Å². The van der Waals surface area contributed by atoms with Gasteiger partial charge in [-0.25, -0.2) is 9.59 Å². The molecule has 0 radical (unpaired) electrons. The van der Waals surface area contributed by atoms with Crippen LogP contribution in [0.1, 0.15) is 26.3 Å². The second-order valence-corrected chi connectivity index (χ2v) is 6.42. The van der Waals surface area contributed by atoms with Gasteiger partial charge in [-0.2, -0.15) is 0 Å². The molecule has 0 saturated carbocycles. The van der Waals surface area contributed by atoms with Crippen molar-refractivity contribution >= 4 is 22.8 Å². The molecular weight excluding hydrogens is 338 g/mol. The summed E-state index contributed by atoms with van der Waals surface area (Å²) < 4.78 is 15.5. The van der Waals surface area contributed by atoms with Crippen LogP contribution in [-0.4, -0.2) is 31.1 Å². The zero-order chi connectivity index (χ0) is 19.4. The van der Waals surface area contributed by atoms with E-state index in [1.54, 1.807) is 39.0 Å². The Labute approximate surface area is 151 Å². The van der Waals surface area contributed by atoms with Gasteiger partial charge in [0.25, 0.3) is 5.91 Å². The molecule has 2 atom stereocenters. The topological polar surface area (TPSA) is 94.8 Å². The van der Waals surface area contributed by atoms with Gasteiger partial charge in [-0.15, -0.1) is 0 Å². The fourth-order valence-corrected chi connectivity index (χ4v) is 2.53. The number of hydrogen-bond acceptors (Lipinski definition) is 6. The van der Waals surface area contributed by atoms with Gasteiger partial charge in [-0.3, -0.25) is 4.79 Å². The standard InChI is InChI=1S/C19H23NO6/c1-10(2)17(19(23)24-5)20-18(22)12(4)25-13-6-7-14-11(3)8-16(21)26-15(14)9-13/h6-10,12,17H,1-5H3,(H,20,22)/t12-,17-/m1/s1. The Balaban J connectivity index is 2.14. The molecule has 0 bridgehead atoms. The molecule has 2 aromatic rings. The predicted octanol–water partition coefficient (Wildman–Crippen LogP) is 2.18. The first-order valence-electron chi connectivity index (χ1n) is 8.32. The quantitative estimate of drug-likeness (QED) is 0.626. The van der Waals surface area contributed by atoms with Gasteiger partial charge in [-0.1, -0.05) is 13.8 Å².